The predicted octanol–water partition coefficient (Wildman–Crippen LogP) is 2.80. The Morgan fingerprint density at radius 1 is 1.37 bits per heavy atom. The van der Waals surface area contributed by atoms with Crippen molar-refractivity contribution in [1.29, 1.82) is 0 Å². The Bertz CT molecular complexity index is 439. The van der Waals surface area contributed by atoms with Crippen LogP contribution < -0.4 is 16.2 Å². The molecule has 1 aliphatic heterocycles. The lowest BCUT2D eigenvalue weighted by Gasteiger charge is -2.30. The number of hydrogen-bond donors (Lipinski definition) is 2. The Kier molecular flexibility index (Phi) is 4.52. The van der Waals surface area contributed by atoms with Crippen molar-refractivity contribution in [2.24, 2.45) is 5.84 Å². The summed E-state index contributed by atoms with van der Waals surface area (Å²) in [5.41, 5.74) is 2.17. The standard InChI is InChI=1S/C13H20F2N4/c1-2-9-6-4-3-5-7-19(9)13-11(15)8-10(14)12(17-13)18-16/h8-9H,2-7,16H2,1H3,(H,17,18). The normalized spacial score (nSPS) is 20.2. The molecule has 106 valence electrons. The number of hydrazine groups is 1. The third-order valence-corrected chi connectivity index (χ3v) is 3.67. The summed E-state index contributed by atoms with van der Waals surface area (Å²) >= 11 is 0. The first-order valence-electron chi connectivity index (χ1n) is 6.76. The maximum atomic E-state index is 14.0. The molecule has 2 heterocycles. The highest BCUT2D eigenvalue weighted by Crippen LogP contribution is 2.28. The smallest absolute Gasteiger partial charge is 0.178 e. The number of nitrogens with two attached hydrogens (primary N) is 1. The number of nitrogen functional groups attached to an aromatic ring is 1. The second-order valence-electron chi connectivity index (χ2n) is 4.87. The molecule has 0 spiro atoms. The summed E-state index contributed by atoms with van der Waals surface area (Å²) in [6, 6.07) is 1.09. The van der Waals surface area contributed by atoms with E-state index in [1.165, 1.54) is 0 Å². The maximum Gasteiger partial charge on any atom is 0.178 e. The van der Waals surface area contributed by atoms with E-state index in [0.29, 0.717) is 0 Å². The first kappa shape index (κ1) is 14.0. The molecule has 1 aliphatic rings. The van der Waals surface area contributed by atoms with E-state index in [1.54, 1.807) is 0 Å². The van der Waals surface area contributed by atoms with Crippen LogP contribution in [0.2, 0.25) is 0 Å². The van der Waals surface area contributed by atoms with E-state index >= 15 is 0 Å². The summed E-state index contributed by atoms with van der Waals surface area (Å²) < 4.78 is 27.4. The van der Waals surface area contributed by atoms with Gasteiger partial charge in [-0.2, -0.15) is 0 Å². The van der Waals surface area contributed by atoms with E-state index < -0.39 is 11.6 Å². The highest BCUT2D eigenvalue weighted by Gasteiger charge is 2.24. The molecule has 2 rings (SSSR count). The van der Waals surface area contributed by atoms with Crippen molar-refractivity contribution in [3.63, 3.8) is 0 Å². The highest BCUT2D eigenvalue weighted by molar-refractivity contribution is 5.49. The van der Waals surface area contributed by atoms with Crippen LogP contribution >= 0.6 is 0 Å². The average molecular weight is 270 g/mol. The minimum Gasteiger partial charge on any atom is -0.351 e. The van der Waals surface area contributed by atoms with Gasteiger partial charge in [-0.3, -0.25) is 0 Å². The van der Waals surface area contributed by atoms with E-state index in [-0.39, 0.29) is 17.7 Å². The number of anilines is 2. The zero-order valence-electron chi connectivity index (χ0n) is 11.1. The van der Waals surface area contributed by atoms with Gasteiger partial charge in [-0.1, -0.05) is 19.8 Å². The summed E-state index contributed by atoms with van der Waals surface area (Å²) in [5, 5.41) is 0. The molecule has 19 heavy (non-hydrogen) atoms. The van der Waals surface area contributed by atoms with Crippen LogP contribution in [0.1, 0.15) is 39.0 Å². The van der Waals surface area contributed by atoms with E-state index in [2.05, 4.69) is 17.3 Å². The van der Waals surface area contributed by atoms with Crippen LogP contribution in [-0.2, 0) is 0 Å². The molecule has 1 saturated heterocycles. The van der Waals surface area contributed by atoms with Crippen LogP contribution in [-0.4, -0.2) is 17.6 Å². The molecule has 1 atom stereocenters. The average Bonchev–Trinajstić information content (AvgIpc) is 2.64. The number of nitrogens with one attached hydrogen (secondary N) is 1. The second-order valence-corrected chi connectivity index (χ2v) is 4.87. The van der Waals surface area contributed by atoms with Gasteiger partial charge in [0.2, 0.25) is 0 Å². The molecule has 0 aromatic carbocycles. The Balaban J connectivity index is 2.37. The van der Waals surface area contributed by atoms with Crippen molar-refractivity contribution >= 4 is 11.6 Å². The molecule has 1 aromatic rings. The van der Waals surface area contributed by atoms with Gasteiger partial charge < -0.3 is 10.3 Å². The summed E-state index contributed by atoms with van der Waals surface area (Å²) in [7, 11) is 0. The van der Waals surface area contributed by atoms with Crippen LogP contribution in [0.3, 0.4) is 0 Å². The summed E-state index contributed by atoms with van der Waals surface area (Å²) in [5.74, 6) is 3.89. The fourth-order valence-electron chi connectivity index (χ4n) is 2.64. The molecule has 1 unspecified atom stereocenters. The molecule has 1 fully saturated rings. The Labute approximate surface area is 112 Å². The largest absolute Gasteiger partial charge is 0.351 e. The number of nitrogens with zero attached hydrogens (tertiary/aromatic N) is 2. The topological polar surface area (TPSA) is 54.2 Å². The van der Waals surface area contributed by atoms with Gasteiger partial charge in [0, 0.05) is 18.7 Å². The molecular formula is C13H20F2N4. The van der Waals surface area contributed by atoms with Crippen molar-refractivity contribution in [3.05, 3.63) is 17.7 Å². The van der Waals surface area contributed by atoms with Gasteiger partial charge >= 0.3 is 0 Å². The third-order valence-electron chi connectivity index (χ3n) is 3.67. The zero-order chi connectivity index (χ0) is 13.8. The van der Waals surface area contributed by atoms with Crippen molar-refractivity contribution < 1.29 is 8.78 Å². The molecule has 0 aliphatic carbocycles. The number of halogens is 2. The lowest BCUT2D eigenvalue weighted by atomic mass is 10.1. The van der Waals surface area contributed by atoms with Crippen molar-refractivity contribution in [2.45, 2.75) is 45.1 Å². The van der Waals surface area contributed by atoms with Crippen LogP contribution in [0.25, 0.3) is 0 Å². The minimum absolute atomic E-state index is 0.115. The minimum atomic E-state index is -0.772. The van der Waals surface area contributed by atoms with Gasteiger partial charge in [0.1, 0.15) is 0 Å². The lowest BCUT2D eigenvalue weighted by Crippen LogP contribution is -2.36. The third kappa shape index (κ3) is 2.94. The molecule has 0 saturated carbocycles. The monoisotopic (exact) mass is 270 g/mol. The van der Waals surface area contributed by atoms with Gasteiger partial charge in [0.25, 0.3) is 0 Å². The van der Waals surface area contributed by atoms with Crippen LogP contribution in [0.4, 0.5) is 20.4 Å². The Morgan fingerprint density at radius 3 is 2.84 bits per heavy atom. The number of rotatable bonds is 3. The number of aromatic nitrogens is 1. The summed E-state index contributed by atoms with van der Waals surface area (Å²) in [6.45, 7) is 2.82. The summed E-state index contributed by atoms with van der Waals surface area (Å²) in [6.07, 6.45) is 5.21. The van der Waals surface area contributed by atoms with E-state index in [0.717, 1.165) is 44.7 Å². The molecule has 4 nitrogen and oxygen atoms in total. The van der Waals surface area contributed by atoms with Crippen molar-refractivity contribution in [3.8, 4) is 0 Å². The second kappa shape index (κ2) is 6.14. The first-order chi connectivity index (χ1) is 9.17. The molecule has 0 bridgehead atoms. The van der Waals surface area contributed by atoms with Crippen LogP contribution in [0.5, 0.6) is 0 Å². The molecular weight excluding hydrogens is 250 g/mol. The van der Waals surface area contributed by atoms with Crippen molar-refractivity contribution in [1.82, 2.24) is 4.98 Å². The molecule has 0 amide bonds. The van der Waals surface area contributed by atoms with Crippen LogP contribution in [0, 0.1) is 11.6 Å². The zero-order valence-corrected chi connectivity index (χ0v) is 11.1. The Morgan fingerprint density at radius 2 is 2.16 bits per heavy atom. The van der Waals surface area contributed by atoms with Crippen LogP contribution in [0.15, 0.2) is 6.07 Å². The van der Waals surface area contributed by atoms with Gasteiger partial charge in [-0.15, -0.1) is 0 Å². The fourth-order valence-corrected chi connectivity index (χ4v) is 2.64. The van der Waals surface area contributed by atoms with E-state index in [1.807, 2.05) is 4.90 Å². The van der Waals surface area contributed by atoms with Gasteiger partial charge in [0.15, 0.2) is 23.3 Å². The van der Waals surface area contributed by atoms with Gasteiger partial charge in [0.05, 0.1) is 0 Å². The SMILES string of the molecule is CCC1CCCCCN1c1nc(NN)c(F)cc1F. The predicted molar refractivity (Wildman–Crippen MR) is 71.9 cm³/mol. The highest BCUT2D eigenvalue weighted by atomic mass is 19.1. The summed E-state index contributed by atoms with van der Waals surface area (Å²) in [4.78, 5) is 5.94. The van der Waals surface area contributed by atoms with E-state index in [9.17, 15) is 8.78 Å². The maximum absolute atomic E-state index is 14.0. The van der Waals surface area contributed by atoms with Gasteiger partial charge in [-0.05, 0) is 19.3 Å². The van der Waals surface area contributed by atoms with E-state index in [4.69, 9.17) is 5.84 Å². The van der Waals surface area contributed by atoms with Crippen molar-refractivity contribution in [2.75, 3.05) is 16.9 Å². The molecule has 3 N–H and O–H groups in total. The quantitative estimate of drug-likeness (QED) is 0.655. The fraction of sp³-hybridized carbons (Fsp3) is 0.615. The molecule has 6 heteroatoms. The first-order valence-corrected chi connectivity index (χ1v) is 6.76. The molecule has 1 aromatic heterocycles. The Hall–Kier alpha value is -1.43. The lowest BCUT2D eigenvalue weighted by molar-refractivity contribution is 0.525. The molecule has 0 radical (unpaired) electrons. The number of pyridine rings is 1. The van der Waals surface area contributed by atoms with Gasteiger partial charge in [-0.25, -0.2) is 19.6 Å². The number of hydrogen-bond acceptors (Lipinski definition) is 4.